The number of urea groups is 1. The predicted octanol–water partition coefficient (Wildman–Crippen LogP) is 1.13. The van der Waals surface area contributed by atoms with Crippen LogP contribution in [-0.4, -0.2) is 26.2 Å². The third kappa shape index (κ3) is 3.27. The van der Waals surface area contributed by atoms with E-state index in [-0.39, 0.29) is 5.96 Å². The Kier molecular flexibility index (Phi) is 4.57. The van der Waals surface area contributed by atoms with E-state index >= 15 is 0 Å². The Hall–Kier alpha value is -2.44. The zero-order chi connectivity index (χ0) is 14.6. The maximum Gasteiger partial charge on any atom is 0.348 e. The Morgan fingerprint density at radius 2 is 1.89 bits per heavy atom. The van der Waals surface area contributed by atoms with Gasteiger partial charge in [-0.3, -0.25) is 0 Å². The van der Waals surface area contributed by atoms with Gasteiger partial charge in [-0.15, -0.1) is 0 Å². The highest BCUT2D eigenvalue weighted by Crippen LogP contribution is 2.38. The highest BCUT2D eigenvalue weighted by atomic mass is 16.5. The molecule has 0 spiro atoms. The van der Waals surface area contributed by atoms with Crippen molar-refractivity contribution in [3.8, 4) is 11.5 Å². The number of carbonyl (C=O) groups is 1. The lowest BCUT2D eigenvalue weighted by atomic mass is 10.1. The van der Waals surface area contributed by atoms with Crippen LogP contribution in [0.25, 0.3) is 0 Å². The number of aliphatic imine (C=N–C) groups is 1. The zero-order valence-electron chi connectivity index (χ0n) is 11.4. The van der Waals surface area contributed by atoms with Crippen LogP contribution in [0.2, 0.25) is 0 Å². The molecule has 0 fully saturated rings. The summed E-state index contributed by atoms with van der Waals surface area (Å²) in [6, 6.07) is 1.12. The van der Waals surface area contributed by atoms with Gasteiger partial charge in [0.1, 0.15) is 0 Å². The molecule has 0 atom stereocenters. The molecule has 0 aliphatic heterocycles. The number of aryl methyl sites for hydroxylation is 1. The number of ether oxygens (including phenoxy) is 2. The van der Waals surface area contributed by atoms with Crippen LogP contribution in [0, 0.1) is 13.8 Å². The molecule has 0 aliphatic rings. The highest BCUT2D eigenvalue weighted by Gasteiger charge is 2.16. The molecule has 0 unspecified atom stereocenters. The molecule has 0 bridgehead atoms. The average Bonchev–Trinajstić information content (AvgIpc) is 2.32. The summed E-state index contributed by atoms with van der Waals surface area (Å²) in [5, 5.41) is 2.61. The Balaban J connectivity index is 3.22. The van der Waals surface area contributed by atoms with Gasteiger partial charge in [0.2, 0.25) is 0 Å². The Morgan fingerprint density at radius 3 is 2.37 bits per heavy atom. The summed E-state index contributed by atoms with van der Waals surface area (Å²) in [7, 11) is 3.08. The van der Waals surface area contributed by atoms with E-state index in [1.165, 1.54) is 7.11 Å². The maximum absolute atomic E-state index is 11.6. The standard InChI is InChI=1S/C12H18N4O3/c1-6-5-8(18-3)10(19-4)7(2)9(6)15-12(17)16-11(13)14/h5H,1-4H3,(H5,13,14,15,16,17). The molecule has 0 saturated heterocycles. The number of hydrogen-bond acceptors (Lipinski definition) is 3. The van der Waals surface area contributed by atoms with Gasteiger partial charge in [0, 0.05) is 5.56 Å². The molecular formula is C12H18N4O3. The Morgan fingerprint density at radius 1 is 1.26 bits per heavy atom. The van der Waals surface area contributed by atoms with Crippen LogP contribution < -0.4 is 26.3 Å². The molecule has 19 heavy (non-hydrogen) atoms. The molecule has 1 aromatic rings. The van der Waals surface area contributed by atoms with E-state index < -0.39 is 6.03 Å². The molecule has 104 valence electrons. The fourth-order valence-electron chi connectivity index (χ4n) is 1.78. The molecule has 0 heterocycles. The molecular weight excluding hydrogens is 248 g/mol. The lowest BCUT2D eigenvalue weighted by Crippen LogP contribution is -2.25. The van der Waals surface area contributed by atoms with Crippen molar-refractivity contribution >= 4 is 17.7 Å². The molecule has 0 saturated carbocycles. The van der Waals surface area contributed by atoms with Crippen LogP contribution in [0.3, 0.4) is 0 Å². The van der Waals surface area contributed by atoms with E-state index in [4.69, 9.17) is 20.9 Å². The fourth-order valence-corrected chi connectivity index (χ4v) is 1.78. The summed E-state index contributed by atoms with van der Waals surface area (Å²) in [5.41, 5.74) is 12.4. The van der Waals surface area contributed by atoms with E-state index in [0.717, 1.165) is 11.1 Å². The number of nitrogens with two attached hydrogens (primary N) is 2. The fraction of sp³-hybridized carbons (Fsp3) is 0.333. The van der Waals surface area contributed by atoms with Gasteiger partial charge >= 0.3 is 6.03 Å². The minimum atomic E-state index is -0.640. The number of rotatable bonds is 3. The second-order valence-corrected chi connectivity index (χ2v) is 3.90. The van der Waals surface area contributed by atoms with Crippen molar-refractivity contribution < 1.29 is 14.3 Å². The van der Waals surface area contributed by atoms with Gasteiger partial charge in [0.25, 0.3) is 0 Å². The summed E-state index contributed by atoms with van der Waals surface area (Å²) in [5.74, 6) is 0.846. The van der Waals surface area contributed by atoms with E-state index in [1.807, 2.05) is 6.92 Å². The lowest BCUT2D eigenvalue weighted by molar-refractivity contribution is 0.259. The second-order valence-electron chi connectivity index (χ2n) is 3.90. The van der Waals surface area contributed by atoms with Crippen LogP contribution in [0.4, 0.5) is 10.5 Å². The number of amides is 2. The van der Waals surface area contributed by atoms with Crippen LogP contribution in [0.1, 0.15) is 11.1 Å². The molecule has 1 rings (SSSR count). The van der Waals surface area contributed by atoms with Crippen molar-refractivity contribution in [2.24, 2.45) is 16.5 Å². The summed E-state index contributed by atoms with van der Waals surface area (Å²) in [6.07, 6.45) is 0. The molecule has 1 aromatic carbocycles. The highest BCUT2D eigenvalue weighted by molar-refractivity contribution is 5.99. The number of nitrogens with one attached hydrogen (secondary N) is 1. The molecule has 2 amide bonds. The summed E-state index contributed by atoms with van der Waals surface area (Å²) in [6.45, 7) is 3.64. The number of hydrogen-bond donors (Lipinski definition) is 3. The van der Waals surface area contributed by atoms with E-state index in [2.05, 4.69) is 10.3 Å². The van der Waals surface area contributed by atoms with Gasteiger partial charge in [-0.05, 0) is 25.5 Å². The minimum Gasteiger partial charge on any atom is -0.493 e. The van der Waals surface area contributed by atoms with Crippen molar-refractivity contribution in [2.45, 2.75) is 13.8 Å². The van der Waals surface area contributed by atoms with Gasteiger partial charge in [0.05, 0.1) is 19.9 Å². The lowest BCUT2D eigenvalue weighted by Gasteiger charge is -2.16. The van der Waals surface area contributed by atoms with Gasteiger partial charge < -0.3 is 26.3 Å². The Bertz CT molecular complexity index is 522. The number of benzene rings is 1. The van der Waals surface area contributed by atoms with E-state index in [0.29, 0.717) is 17.2 Å². The third-order valence-electron chi connectivity index (χ3n) is 2.57. The van der Waals surface area contributed by atoms with Crippen LogP contribution >= 0.6 is 0 Å². The van der Waals surface area contributed by atoms with Gasteiger partial charge in [0.15, 0.2) is 17.5 Å². The van der Waals surface area contributed by atoms with Crippen molar-refractivity contribution in [3.05, 3.63) is 17.2 Å². The van der Waals surface area contributed by atoms with Crippen LogP contribution in [0.15, 0.2) is 11.1 Å². The number of nitrogens with zero attached hydrogens (tertiary/aromatic N) is 1. The SMILES string of the molecule is COc1cc(C)c(NC(=O)N=C(N)N)c(C)c1OC. The second kappa shape index (κ2) is 5.94. The monoisotopic (exact) mass is 266 g/mol. The summed E-state index contributed by atoms with van der Waals surface area (Å²) >= 11 is 0. The smallest absolute Gasteiger partial charge is 0.348 e. The van der Waals surface area contributed by atoms with Crippen molar-refractivity contribution in [1.29, 1.82) is 0 Å². The number of carbonyl (C=O) groups excluding carboxylic acids is 1. The first-order valence-corrected chi connectivity index (χ1v) is 5.53. The van der Waals surface area contributed by atoms with Crippen molar-refractivity contribution in [2.75, 3.05) is 19.5 Å². The molecule has 0 radical (unpaired) electrons. The van der Waals surface area contributed by atoms with Crippen LogP contribution in [-0.2, 0) is 0 Å². The van der Waals surface area contributed by atoms with Gasteiger partial charge in [-0.2, -0.15) is 4.99 Å². The molecule has 0 aromatic heterocycles. The number of anilines is 1. The molecule has 7 nitrogen and oxygen atoms in total. The molecule has 7 heteroatoms. The quantitative estimate of drug-likeness (QED) is 0.560. The van der Waals surface area contributed by atoms with E-state index in [1.54, 1.807) is 20.1 Å². The Labute approximate surface area is 111 Å². The topological polar surface area (TPSA) is 112 Å². The average molecular weight is 266 g/mol. The van der Waals surface area contributed by atoms with Crippen molar-refractivity contribution in [3.63, 3.8) is 0 Å². The normalized spacial score (nSPS) is 9.68. The predicted molar refractivity (Wildman–Crippen MR) is 73.8 cm³/mol. The first-order valence-electron chi connectivity index (χ1n) is 5.53. The maximum atomic E-state index is 11.6. The van der Waals surface area contributed by atoms with E-state index in [9.17, 15) is 4.79 Å². The molecule has 5 N–H and O–H groups in total. The van der Waals surface area contributed by atoms with Crippen LogP contribution in [0.5, 0.6) is 11.5 Å². The third-order valence-corrected chi connectivity index (χ3v) is 2.57. The summed E-state index contributed by atoms with van der Waals surface area (Å²) in [4.78, 5) is 15.0. The first kappa shape index (κ1) is 14.6. The first-order chi connectivity index (χ1) is 8.90. The molecule has 0 aliphatic carbocycles. The largest absolute Gasteiger partial charge is 0.493 e. The van der Waals surface area contributed by atoms with Crippen molar-refractivity contribution in [1.82, 2.24) is 0 Å². The van der Waals surface area contributed by atoms with Gasteiger partial charge in [-0.1, -0.05) is 0 Å². The van der Waals surface area contributed by atoms with Gasteiger partial charge in [-0.25, -0.2) is 4.79 Å². The summed E-state index contributed by atoms with van der Waals surface area (Å²) < 4.78 is 10.5. The number of guanidine groups is 1. The zero-order valence-corrected chi connectivity index (χ0v) is 11.4. The minimum absolute atomic E-state index is 0.298. The number of methoxy groups -OCH3 is 2.